The van der Waals surface area contributed by atoms with Gasteiger partial charge in [0.2, 0.25) is 0 Å². The monoisotopic (exact) mass is 448 g/mol. The van der Waals surface area contributed by atoms with E-state index < -0.39 is 40.8 Å². The van der Waals surface area contributed by atoms with E-state index in [1.54, 1.807) is 13.8 Å². The minimum absolute atomic E-state index is 0.0452. The predicted molar refractivity (Wildman–Crippen MR) is 111 cm³/mol. The maximum absolute atomic E-state index is 13.7. The molecule has 2 saturated heterocycles. The summed E-state index contributed by atoms with van der Waals surface area (Å²) in [5.74, 6) is -4.13. The van der Waals surface area contributed by atoms with Crippen molar-refractivity contribution < 1.29 is 28.5 Å². The van der Waals surface area contributed by atoms with Crippen molar-refractivity contribution >= 4 is 34.6 Å². The number of cyclic esters (lactones) is 2. The van der Waals surface area contributed by atoms with Crippen LogP contribution in [0.4, 0.5) is 0 Å². The van der Waals surface area contributed by atoms with Crippen LogP contribution >= 0.6 is 22.7 Å². The highest BCUT2D eigenvalue weighted by Gasteiger charge is 2.71. The molecule has 160 valence electrons. The fourth-order valence-electron chi connectivity index (χ4n) is 5.11. The largest absolute Gasteiger partial charge is 0.422 e. The molecule has 0 radical (unpaired) electrons. The van der Waals surface area contributed by atoms with Crippen LogP contribution in [0.3, 0.4) is 0 Å². The molecule has 0 aromatic carbocycles. The van der Waals surface area contributed by atoms with Crippen LogP contribution in [-0.4, -0.2) is 36.2 Å². The normalized spacial score (nSPS) is 34.8. The van der Waals surface area contributed by atoms with Crippen LogP contribution in [0.25, 0.3) is 0 Å². The number of hydrogen-bond donors (Lipinski definition) is 0. The molecule has 0 amide bonds. The maximum Gasteiger partial charge on any atom is 0.328 e. The number of carbonyl (C=O) groups excluding carboxylic acids is 2. The minimum Gasteiger partial charge on any atom is -0.422 e. The first kappa shape index (κ1) is 20.2. The first-order valence-corrected chi connectivity index (χ1v) is 11.9. The number of carbonyl (C=O) groups is 2. The Labute approximate surface area is 183 Å². The molecule has 2 spiro atoms. The third-order valence-electron chi connectivity index (χ3n) is 6.25. The van der Waals surface area contributed by atoms with Crippen molar-refractivity contribution in [3.05, 3.63) is 44.8 Å². The van der Waals surface area contributed by atoms with Gasteiger partial charge >= 0.3 is 11.9 Å². The summed E-state index contributed by atoms with van der Waals surface area (Å²) < 4.78 is 23.9. The van der Waals surface area contributed by atoms with Gasteiger partial charge in [-0.2, -0.15) is 0 Å². The van der Waals surface area contributed by atoms with Crippen molar-refractivity contribution in [1.29, 1.82) is 0 Å². The molecule has 6 nitrogen and oxygen atoms in total. The maximum atomic E-state index is 13.7. The van der Waals surface area contributed by atoms with E-state index in [1.165, 1.54) is 22.7 Å². The van der Waals surface area contributed by atoms with E-state index in [-0.39, 0.29) is 6.10 Å². The molecule has 2 unspecified atom stereocenters. The average Bonchev–Trinajstić information content (AvgIpc) is 3.42. The Morgan fingerprint density at radius 2 is 1.47 bits per heavy atom. The topological polar surface area (TPSA) is 71.1 Å². The lowest BCUT2D eigenvalue weighted by molar-refractivity contribution is -0.269. The number of rotatable bonds is 2. The fraction of sp³-hybridized carbons (Fsp3) is 0.545. The molecule has 1 saturated carbocycles. The lowest BCUT2D eigenvalue weighted by Gasteiger charge is -2.53. The summed E-state index contributed by atoms with van der Waals surface area (Å²) in [6.45, 7) is 5.64. The third kappa shape index (κ3) is 2.96. The molecule has 2 aromatic rings. The second-order valence-electron chi connectivity index (χ2n) is 8.74. The molecule has 5 rings (SSSR count). The van der Waals surface area contributed by atoms with Crippen molar-refractivity contribution in [2.45, 2.75) is 63.1 Å². The number of esters is 2. The summed E-state index contributed by atoms with van der Waals surface area (Å²) in [7, 11) is 0. The second-order valence-corrected chi connectivity index (χ2v) is 10.7. The van der Waals surface area contributed by atoms with Crippen LogP contribution in [0, 0.1) is 5.41 Å². The Kier molecular flexibility index (Phi) is 4.63. The molecule has 0 bridgehead atoms. The molecule has 3 fully saturated rings. The molecular formula is C22H24O6S2. The first-order chi connectivity index (χ1) is 14.3. The smallest absolute Gasteiger partial charge is 0.328 e. The van der Waals surface area contributed by atoms with Crippen LogP contribution in [0.5, 0.6) is 0 Å². The van der Waals surface area contributed by atoms with Crippen molar-refractivity contribution in [2.24, 2.45) is 5.41 Å². The summed E-state index contributed by atoms with van der Waals surface area (Å²) in [6.07, 6.45) is 0.741. The fourth-order valence-corrected chi connectivity index (χ4v) is 6.92. The predicted octanol–water partition coefficient (Wildman–Crippen LogP) is 4.42. The average molecular weight is 449 g/mol. The van der Waals surface area contributed by atoms with E-state index in [0.717, 1.165) is 9.75 Å². The highest BCUT2D eigenvalue weighted by Crippen LogP contribution is 2.63. The van der Waals surface area contributed by atoms with Crippen LogP contribution in [-0.2, 0) is 28.5 Å². The van der Waals surface area contributed by atoms with E-state index in [0.29, 0.717) is 19.4 Å². The lowest BCUT2D eigenvalue weighted by atomic mass is 9.57. The molecule has 1 aliphatic carbocycles. The molecule has 3 atom stereocenters. The zero-order chi connectivity index (χ0) is 21.1. The quantitative estimate of drug-likeness (QED) is 0.500. The Hall–Kier alpha value is -1.74. The van der Waals surface area contributed by atoms with E-state index in [4.69, 9.17) is 18.9 Å². The lowest BCUT2D eigenvalue weighted by Crippen LogP contribution is -2.63. The van der Waals surface area contributed by atoms with Gasteiger partial charge in [-0.25, -0.2) is 0 Å². The Morgan fingerprint density at radius 1 is 0.933 bits per heavy atom. The van der Waals surface area contributed by atoms with Crippen molar-refractivity contribution in [1.82, 2.24) is 0 Å². The van der Waals surface area contributed by atoms with Crippen LogP contribution < -0.4 is 0 Å². The molecule has 3 aliphatic rings. The summed E-state index contributed by atoms with van der Waals surface area (Å²) in [4.78, 5) is 29.2. The zero-order valence-electron chi connectivity index (χ0n) is 17.1. The number of hydrogen-bond acceptors (Lipinski definition) is 8. The van der Waals surface area contributed by atoms with Gasteiger partial charge in [0.25, 0.3) is 5.79 Å². The Bertz CT molecular complexity index is 882. The summed E-state index contributed by atoms with van der Waals surface area (Å²) in [6, 6.07) is 7.77. The number of ether oxygens (including phenoxy) is 4. The van der Waals surface area contributed by atoms with E-state index in [2.05, 4.69) is 0 Å². The summed E-state index contributed by atoms with van der Waals surface area (Å²) in [5.41, 5.74) is -1.48. The summed E-state index contributed by atoms with van der Waals surface area (Å²) >= 11 is 3.04. The Morgan fingerprint density at radius 3 is 1.87 bits per heavy atom. The second kappa shape index (κ2) is 6.88. The first-order valence-electron chi connectivity index (χ1n) is 10.1. The van der Waals surface area contributed by atoms with Crippen molar-refractivity contribution in [3.63, 3.8) is 0 Å². The van der Waals surface area contributed by atoms with Crippen molar-refractivity contribution in [3.8, 4) is 0 Å². The molecule has 2 aliphatic heterocycles. The molecule has 4 heterocycles. The van der Waals surface area contributed by atoms with Gasteiger partial charge in [0.1, 0.15) is 0 Å². The van der Waals surface area contributed by atoms with Gasteiger partial charge in [-0.05, 0) is 29.8 Å². The van der Waals surface area contributed by atoms with Gasteiger partial charge in [-0.15, -0.1) is 22.7 Å². The van der Waals surface area contributed by atoms with Gasteiger partial charge in [0.05, 0.1) is 12.7 Å². The zero-order valence-corrected chi connectivity index (χ0v) is 18.7. The van der Waals surface area contributed by atoms with Crippen LogP contribution in [0.15, 0.2) is 35.0 Å². The Balaban J connectivity index is 1.71. The summed E-state index contributed by atoms with van der Waals surface area (Å²) in [5, 5.41) is 3.90. The highest BCUT2D eigenvalue weighted by molar-refractivity contribution is 7.10. The van der Waals surface area contributed by atoms with Gasteiger partial charge in [-0.3, -0.25) is 9.59 Å². The van der Waals surface area contributed by atoms with Crippen LogP contribution in [0.2, 0.25) is 0 Å². The number of thiophene rings is 2. The molecular weight excluding hydrogens is 424 g/mol. The molecule has 2 aromatic heterocycles. The SMILES string of the molecule is C[C@H]1COC2(CC(c3cccs3)C3(C(=O)OC(C)(C)OC3=O)C(c3cccs3)C2)O1. The highest BCUT2D eigenvalue weighted by atomic mass is 32.1. The van der Waals surface area contributed by atoms with Crippen molar-refractivity contribution in [2.75, 3.05) is 6.61 Å². The molecule has 8 heteroatoms. The molecule has 30 heavy (non-hydrogen) atoms. The van der Waals surface area contributed by atoms with E-state index in [9.17, 15) is 9.59 Å². The van der Waals surface area contributed by atoms with Crippen LogP contribution in [0.1, 0.15) is 55.2 Å². The standard InChI is InChI=1S/C22H24O6S2/c1-13-12-25-21(26-13)10-14(16-6-4-8-29-16)22(15(11-21)17-7-5-9-30-17)18(23)27-20(2,3)28-19(22)24/h4-9,13-15H,10-12H2,1-3H3/t13-,14?,15?,21?/m0/s1. The van der Waals surface area contributed by atoms with Gasteiger partial charge < -0.3 is 18.9 Å². The molecule has 0 N–H and O–H groups in total. The van der Waals surface area contributed by atoms with Gasteiger partial charge in [0.15, 0.2) is 11.2 Å². The van der Waals surface area contributed by atoms with E-state index in [1.807, 2.05) is 41.9 Å². The van der Waals surface area contributed by atoms with E-state index >= 15 is 0 Å². The third-order valence-corrected chi connectivity index (χ3v) is 8.22. The van der Waals surface area contributed by atoms with Gasteiger partial charge in [0, 0.05) is 48.3 Å². The minimum atomic E-state index is -1.48. The van der Waals surface area contributed by atoms with Gasteiger partial charge in [-0.1, -0.05) is 12.1 Å².